The highest BCUT2D eigenvalue weighted by atomic mass is 127. The molecule has 17 heavy (non-hydrogen) atoms. The second-order valence-electron chi connectivity index (χ2n) is 5.37. The largest absolute Gasteiger partial charge is 0.357 e. The van der Waals surface area contributed by atoms with Crippen LogP contribution in [-0.4, -0.2) is 25.1 Å². The topological polar surface area (TPSA) is 36.4 Å². The molecule has 0 aromatic carbocycles. The summed E-state index contributed by atoms with van der Waals surface area (Å²) in [7, 11) is 0. The summed E-state index contributed by atoms with van der Waals surface area (Å²) in [5, 5.41) is 6.76. The standard InChI is InChI=1S/C13H27N3.HI/c1-6-14-13(16-11(5)9(2)3)15-8-12-7-10(12)4;/h9-12H,6-8H2,1-5H3,(H2,14,15,16);1H. The van der Waals surface area contributed by atoms with Crippen LogP contribution in [0.15, 0.2) is 4.99 Å². The molecule has 0 bridgehead atoms. The molecule has 0 aromatic rings. The SMILES string of the molecule is CCNC(=NCC1CC1C)NC(C)C(C)C.I. The van der Waals surface area contributed by atoms with E-state index in [1.165, 1.54) is 6.42 Å². The van der Waals surface area contributed by atoms with E-state index in [1.807, 2.05) is 0 Å². The molecule has 0 amide bonds. The highest BCUT2D eigenvalue weighted by Gasteiger charge is 2.31. The number of hydrogen-bond donors (Lipinski definition) is 2. The van der Waals surface area contributed by atoms with Crippen molar-refractivity contribution in [3.8, 4) is 0 Å². The normalized spacial score (nSPS) is 25.2. The summed E-state index contributed by atoms with van der Waals surface area (Å²) in [5.41, 5.74) is 0. The van der Waals surface area contributed by atoms with Crippen LogP contribution in [0, 0.1) is 17.8 Å². The predicted molar refractivity (Wildman–Crippen MR) is 86.1 cm³/mol. The van der Waals surface area contributed by atoms with E-state index < -0.39 is 0 Å². The highest BCUT2D eigenvalue weighted by Crippen LogP contribution is 2.37. The third kappa shape index (κ3) is 6.48. The second kappa shape index (κ2) is 8.16. The summed E-state index contributed by atoms with van der Waals surface area (Å²) in [4.78, 5) is 4.64. The minimum Gasteiger partial charge on any atom is -0.357 e. The molecule has 0 aromatic heterocycles. The van der Waals surface area contributed by atoms with Gasteiger partial charge in [0, 0.05) is 19.1 Å². The van der Waals surface area contributed by atoms with Crippen molar-refractivity contribution in [1.82, 2.24) is 10.6 Å². The van der Waals surface area contributed by atoms with E-state index >= 15 is 0 Å². The van der Waals surface area contributed by atoms with Crippen LogP contribution in [0.25, 0.3) is 0 Å². The maximum atomic E-state index is 4.64. The molecule has 0 aliphatic heterocycles. The first-order valence-corrected chi connectivity index (χ1v) is 6.59. The van der Waals surface area contributed by atoms with E-state index in [1.54, 1.807) is 0 Å². The molecule has 2 N–H and O–H groups in total. The summed E-state index contributed by atoms with van der Waals surface area (Å²) in [6, 6.07) is 0.467. The number of guanidine groups is 1. The Kier molecular flexibility index (Phi) is 8.16. The third-order valence-electron chi connectivity index (χ3n) is 3.47. The Morgan fingerprint density at radius 1 is 1.35 bits per heavy atom. The first-order valence-electron chi connectivity index (χ1n) is 6.59. The zero-order chi connectivity index (χ0) is 12.1. The van der Waals surface area contributed by atoms with Crippen molar-refractivity contribution in [2.75, 3.05) is 13.1 Å². The van der Waals surface area contributed by atoms with Crippen LogP contribution < -0.4 is 10.6 Å². The predicted octanol–water partition coefficient (Wildman–Crippen LogP) is 2.86. The van der Waals surface area contributed by atoms with E-state index in [4.69, 9.17) is 0 Å². The fourth-order valence-corrected chi connectivity index (χ4v) is 1.56. The Morgan fingerprint density at radius 3 is 2.35 bits per heavy atom. The molecule has 1 saturated carbocycles. The van der Waals surface area contributed by atoms with Gasteiger partial charge in [0.25, 0.3) is 0 Å². The molecule has 4 heteroatoms. The van der Waals surface area contributed by atoms with Gasteiger partial charge in [-0.25, -0.2) is 0 Å². The molecule has 0 radical (unpaired) electrons. The van der Waals surface area contributed by atoms with Crippen LogP contribution in [0.1, 0.15) is 41.0 Å². The molecule has 0 saturated heterocycles. The third-order valence-corrected chi connectivity index (χ3v) is 3.47. The maximum Gasteiger partial charge on any atom is 0.191 e. The molecule has 1 fully saturated rings. The zero-order valence-electron chi connectivity index (χ0n) is 11.8. The van der Waals surface area contributed by atoms with E-state index in [0.29, 0.717) is 12.0 Å². The van der Waals surface area contributed by atoms with Gasteiger partial charge in [-0.1, -0.05) is 20.8 Å². The van der Waals surface area contributed by atoms with E-state index in [0.717, 1.165) is 30.9 Å². The van der Waals surface area contributed by atoms with Gasteiger partial charge in [0.1, 0.15) is 0 Å². The minimum absolute atomic E-state index is 0. The van der Waals surface area contributed by atoms with Crippen LogP contribution in [0.4, 0.5) is 0 Å². The van der Waals surface area contributed by atoms with Gasteiger partial charge < -0.3 is 10.6 Å². The smallest absolute Gasteiger partial charge is 0.191 e. The fourth-order valence-electron chi connectivity index (χ4n) is 1.56. The average molecular weight is 353 g/mol. The number of aliphatic imine (C=N–C) groups is 1. The zero-order valence-corrected chi connectivity index (χ0v) is 14.1. The Bertz CT molecular complexity index is 241. The van der Waals surface area contributed by atoms with Crippen molar-refractivity contribution in [3.05, 3.63) is 0 Å². The number of hydrogen-bond acceptors (Lipinski definition) is 1. The lowest BCUT2D eigenvalue weighted by molar-refractivity contribution is 0.480. The molecule has 0 spiro atoms. The van der Waals surface area contributed by atoms with Crippen LogP contribution >= 0.6 is 24.0 Å². The Morgan fingerprint density at radius 2 is 1.94 bits per heavy atom. The van der Waals surface area contributed by atoms with Gasteiger partial charge in [-0.15, -0.1) is 24.0 Å². The van der Waals surface area contributed by atoms with Crippen molar-refractivity contribution < 1.29 is 0 Å². The number of nitrogens with zero attached hydrogens (tertiary/aromatic N) is 1. The lowest BCUT2D eigenvalue weighted by Crippen LogP contribution is -2.44. The molecular formula is C13H28IN3. The van der Waals surface area contributed by atoms with Crippen molar-refractivity contribution in [1.29, 1.82) is 0 Å². The van der Waals surface area contributed by atoms with Crippen molar-refractivity contribution in [2.24, 2.45) is 22.7 Å². The fraction of sp³-hybridized carbons (Fsp3) is 0.923. The second-order valence-corrected chi connectivity index (χ2v) is 5.37. The average Bonchev–Trinajstić information content (AvgIpc) is 2.91. The molecule has 0 heterocycles. The lowest BCUT2D eigenvalue weighted by atomic mass is 10.1. The van der Waals surface area contributed by atoms with Crippen molar-refractivity contribution in [2.45, 2.75) is 47.1 Å². The van der Waals surface area contributed by atoms with E-state index in [-0.39, 0.29) is 24.0 Å². The van der Waals surface area contributed by atoms with Crippen molar-refractivity contribution in [3.63, 3.8) is 0 Å². The van der Waals surface area contributed by atoms with E-state index in [9.17, 15) is 0 Å². The Balaban J connectivity index is 0.00000256. The molecule has 3 atom stereocenters. The Labute approximate surface area is 123 Å². The van der Waals surface area contributed by atoms with Crippen LogP contribution in [0.3, 0.4) is 0 Å². The molecule has 3 unspecified atom stereocenters. The summed E-state index contributed by atoms with van der Waals surface area (Å²) in [6.07, 6.45) is 1.35. The van der Waals surface area contributed by atoms with Gasteiger partial charge in [-0.05, 0) is 38.0 Å². The molecular weight excluding hydrogens is 325 g/mol. The summed E-state index contributed by atoms with van der Waals surface area (Å²) in [5.74, 6) is 3.31. The van der Waals surface area contributed by atoms with Crippen LogP contribution in [0.5, 0.6) is 0 Å². The first kappa shape index (κ1) is 17.0. The van der Waals surface area contributed by atoms with Crippen LogP contribution in [0.2, 0.25) is 0 Å². The molecule has 1 rings (SSSR count). The summed E-state index contributed by atoms with van der Waals surface area (Å²) < 4.78 is 0. The monoisotopic (exact) mass is 353 g/mol. The Hall–Kier alpha value is 0. The van der Waals surface area contributed by atoms with Gasteiger partial charge in [-0.3, -0.25) is 4.99 Å². The summed E-state index contributed by atoms with van der Waals surface area (Å²) in [6.45, 7) is 13.0. The van der Waals surface area contributed by atoms with Gasteiger partial charge >= 0.3 is 0 Å². The molecule has 102 valence electrons. The van der Waals surface area contributed by atoms with Gasteiger partial charge in [0.05, 0.1) is 0 Å². The van der Waals surface area contributed by atoms with Crippen LogP contribution in [-0.2, 0) is 0 Å². The number of nitrogens with one attached hydrogen (secondary N) is 2. The van der Waals surface area contributed by atoms with E-state index in [2.05, 4.69) is 50.2 Å². The van der Waals surface area contributed by atoms with Crippen molar-refractivity contribution >= 4 is 29.9 Å². The maximum absolute atomic E-state index is 4.64. The molecule has 1 aliphatic rings. The molecule has 3 nitrogen and oxygen atoms in total. The number of halogens is 1. The quantitative estimate of drug-likeness (QED) is 0.453. The van der Waals surface area contributed by atoms with Gasteiger partial charge in [0.2, 0.25) is 0 Å². The summed E-state index contributed by atoms with van der Waals surface area (Å²) >= 11 is 0. The lowest BCUT2D eigenvalue weighted by Gasteiger charge is -2.20. The van der Waals surface area contributed by atoms with Gasteiger partial charge in [-0.2, -0.15) is 0 Å². The highest BCUT2D eigenvalue weighted by molar-refractivity contribution is 14.0. The number of rotatable bonds is 5. The first-order chi connectivity index (χ1) is 7.54. The molecule has 1 aliphatic carbocycles. The van der Waals surface area contributed by atoms with Gasteiger partial charge in [0.15, 0.2) is 5.96 Å². The minimum atomic E-state index is 0.